The van der Waals surface area contributed by atoms with E-state index >= 15 is 0 Å². The van der Waals surface area contributed by atoms with Crippen LogP contribution in [0.1, 0.15) is 55.2 Å². The molecule has 0 bridgehead atoms. The number of phenolic OH excluding ortho intramolecular Hbond substituents is 1. The Kier molecular flexibility index (Phi) is 5.39. The molecule has 1 saturated carbocycles. The standard InChI is InChI=1S/C21H20F2O.Cm/c1-14-2-7-16(8-3-14)17-9-4-15(5-10-17)6-11-18-12-13-19(24)21(23)20(18)22;/h4-5,9-10,12-14,16,24H,2-3,7-8H2,1H3;. The van der Waals surface area contributed by atoms with Gasteiger partial charge in [-0.25, -0.2) is 4.39 Å². The molecule has 0 heterocycles. The van der Waals surface area contributed by atoms with Gasteiger partial charge >= 0.3 is 0 Å². The average molecular weight is 573 g/mol. The van der Waals surface area contributed by atoms with E-state index in [0.29, 0.717) is 5.92 Å². The van der Waals surface area contributed by atoms with Crippen LogP contribution in [0.25, 0.3) is 0 Å². The fourth-order valence-electron chi connectivity index (χ4n) is 3.21. The van der Waals surface area contributed by atoms with E-state index in [-0.39, 0.29) is 5.56 Å². The first-order valence-corrected chi connectivity index (χ1v) is 8.33. The van der Waals surface area contributed by atoms with E-state index in [4.69, 9.17) is 5.11 Å². The molecule has 132 valence electrons. The van der Waals surface area contributed by atoms with Gasteiger partial charge in [-0.1, -0.05) is 43.7 Å². The largest absolute Gasteiger partial charge is 0.505 e. The number of rotatable bonds is 1. The summed E-state index contributed by atoms with van der Waals surface area (Å²) in [6.07, 6.45) is 5.00. The predicted molar refractivity (Wildman–Crippen MR) is 90.8 cm³/mol. The summed E-state index contributed by atoms with van der Waals surface area (Å²) < 4.78 is 27.0. The molecule has 0 unspecified atom stereocenters. The minimum absolute atomic E-state index is 0. The molecule has 1 aliphatic rings. The maximum absolute atomic E-state index is 13.7. The third-order valence-electron chi connectivity index (χ3n) is 4.80. The first-order valence-electron chi connectivity index (χ1n) is 8.33. The summed E-state index contributed by atoms with van der Waals surface area (Å²) in [7, 11) is 0. The Labute approximate surface area is 141 Å². The summed E-state index contributed by atoms with van der Waals surface area (Å²) in [5.41, 5.74) is 2.03. The van der Waals surface area contributed by atoms with Crippen LogP contribution in [0.5, 0.6) is 5.75 Å². The first-order chi connectivity index (χ1) is 11.5. The molecule has 0 radical (unpaired) electrons. The molecule has 3 rings (SSSR count). The third kappa shape index (κ3) is 3.95. The van der Waals surface area contributed by atoms with Crippen molar-refractivity contribution in [2.24, 2.45) is 5.92 Å². The fourth-order valence-corrected chi connectivity index (χ4v) is 3.21. The topological polar surface area (TPSA) is 20.2 Å². The van der Waals surface area contributed by atoms with Gasteiger partial charge in [-0.2, -0.15) is 4.39 Å². The molecule has 0 aromatic heterocycles. The number of phenols is 1. The molecule has 0 atom stereocenters. The number of hydrogen-bond acceptors (Lipinski definition) is 1. The molecule has 0 amide bonds. The maximum Gasteiger partial charge on any atom is 0.201 e. The Balaban J connectivity index is 0.00000225. The summed E-state index contributed by atoms with van der Waals surface area (Å²) in [4.78, 5) is 0. The average Bonchev–Trinajstić information content (AvgIpc) is 2.60. The van der Waals surface area contributed by atoms with Crippen molar-refractivity contribution in [3.63, 3.8) is 0 Å². The van der Waals surface area contributed by atoms with Gasteiger partial charge in [0.25, 0.3) is 0 Å². The zero-order valence-electron chi connectivity index (χ0n) is 14.0. The van der Waals surface area contributed by atoms with E-state index in [1.165, 1.54) is 37.3 Å². The Morgan fingerprint density at radius 3 is 2.16 bits per heavy atom. The van der Waals surface area contributed by atoms with Gasteiger partial charge in [0.1, 0.15) is 0 Å². The van der Waals surface area contributed by atoms with Gasteiger partial charge in [-0.3, -0.25) is 0 Å². The van der Waals surface area contributed by atoms with Gasteiger partial charge < -0.3 is 5.11 Å². The number of benzene rings is 2. The molecule has 1 nitrogen and oxygen atoms in total. The van der Waals surface area contributed by atoms with Crippen LogP contribution in [0, 0.1) is 29.4 Å². The van der Waals surface area contributed by atoms with Gasteiger partial charge in [-0.15, -0.1) is 0 Å². The molecule has 0 spiro atoms. The minimum Gasteiger partial charge on any atom is -0.505 e. The second-order valence-electron chi connectivity index (χ2n) is 6.59. The van der Waals surface area contributed by atoms with Crippen molar-refractivity contribution in [1.82, 2.24) is 0 Å². The molecule has 25 heavy (non-hydrogen) atoms. The van der Waals surface area contributed by atoms with Crippen LogP contribution in [-0.4, -0.2) is 5.11 Å². The number of aromatic hydroxyl groups is 1. The molecule has 2 aromatic carbocycles. The summed E-state index contributed by atoms with van der Waals surface area (Å²) >= 11 is 0. The quantitative estimate of drug-likeness (QED) is 0.456. The van der Waals surface area contributed by atoms with Gasteiger partial charge in [-0.05, 0) is 54.5 Å². The summed E-state index contributed by atoms with van der Waals surface area (Å²) in [5.74, 6) is 3.84. The van der Waals surface area contributed by atoms with E-state index in [9.17, 15) is 8.78 Å². The molecule has 1 N–H and O–H groups in total. The van der Waals surface area contributed by atoms with E-state index in [0.717, 1.165) is 17.5 Å². The second-order valence-corrected chi connectivity index (χ2v) is 6.59. The third-order valence-corrected chi connectivity index (χ3v) is 4.80. The molecule has 2 aromatic rings. The molecule has 0 aliphatic heterocycles. The van der Waals surface area contributed by atoms with Crippen LogP contribution in [0.4, 0.5) is 8.78 Å². The molecular formula is C21H20CmF2O. The first kappa shape index (κ1) is 18.0. The van der Waals surface area contributed by atoms with Gasteiger partial charge in [0, 0.05) is 5.56 Å². The van der Waals surface area contributed by atoms with Crippen molar-refractivity contribution in [2.45, 2.75) is 38.5 Å². The normalized spacial score (nSPS) is 19.5. The maximum atomic E-state index is 13.7. The van der Waals surface area contributed by atoms with Gasteiger partial charge in [0.15, 0.2) is 11.6 Å². The van der Waals surface area contributed by atoms with Crippen LogP contribution in [-0.2, 0) is 0 Å². The summed E-state index contributed by atoms with van der Waals surface area (Å²) in [5, 5.41) is 9.12. The van der Waals surface area contributed by atoms with Crippen LogP contribution >= 0.6 is 0 Å². The molecular weight excluding hydrogens is 553 g/mol. The molecule has 1 aliphatic carbocycles. The van der Waals surface area contributed by atoms with Crippen molar-refractivity contribution >= 4 is 0 Å². The zero-order valence-corrected chi connectivity index (χ0v) is 16.9. The van der Waals surface area contributed by atoms with E-state index in [1.54, 1.807) is 0 Å². The Bertz CT molecular complexity index is 782. The van der Waals surface area contributed by atoms with Gasteiger partial charge in [0.2, 0.25) is 5.82 Å². The van der Waals surface area contributed by atoms with E-state index in [1.807, 2.05) is 12.1 Å². The van der Waals surface area contributed by atoms with Crippen molar-refractivity contribution in [3.8, 4) is 17.6 Å². The van der Waals surface area contributed by atoms with E-state index in [2.05, 4.69) is 30.9 Å². The van der Waals surface area contributed by atoms with Crippen LogP contribution in [0.15, 0.2) is 36.4 Å². The van der Waals surface area contributed by atoms with Crippen LogP contribution in [0.3, 0.4) is 0 Å². The van der Waals surface area contributed by atoms with Gasteiger partial charge in [0.05, 0.1) is 5.56 Å². The predicted octanol–water partition coefficient (Wildman–Crippen LogP) is 5.36. The van der Waals surface area contributed by atoms with Crippen LogP contribution in [0.2, 0.25) is 0 Å². The van der Waals surface area contributed by atoms with Crippen molar-refractivity contribution in [2.75, 3.05) is 0 Å². The Hall–Kier alpha value is -3.34. The Morgan fingerprint density at radius 1 is 0.880 bits per heavy atom. The summed E-state index contributed by atoms with van der Waals surface area (Å²) in [6, 6.07) is 10.4. The monoisotopic (exact) mass is 569 g/mol. The number of halogens is 2. The molecule has 4 heteroatoms. The molecule has 0 saturated heterocycles. The van der Waals surface area contributed by atoms with Crippen molar-refractivity contribution < 1.29 is 13.9 Å². The smallest absolute Gasteiger partial charge is 0.201 e. The summed E-state index contributed by atoms with van der Waals surface area (Å²) in [6.45, 7) is 2.31. The number of hydrogen-bond donors (Lipinski definition) is 1. The SMILES string of the molecule is CC1CCC(c2ccc(C#Cc3ccc(O)c(F)c3F)cc2)CC1.[Cm]. The van der Waals surface area contributed by atoms with Crippen molar-refractivity contribution in [1.29, 1.82) is 0 Å². The fraction of sp³-hybridized carbons (Fsp3) is 0.333. The van der Waals surface area contributed by atoms with Crippen LogP contribution < -0.4 is 0 Å². The van der Waals surface area contributed by atoms with E-state index < -0.39 is 17.4 Å². The Morgan fingerprint density at radius 2 is 1.52 bits per heavy atom. The molecule has 1 fully saturated rings. The van der Waals surface area contributed by atoms with Crippen molar-refractivity contribution in [3.05, 3.63) is 64.7 Å². The minimum atomic E-state index is -1.26. The second kappa shape index (κ2) is 7.49. The zero-order chi connectivity index (χ0) is 17.1.